The van der Waals surface area contributed by atoms with Crippen molar-refractivity contribution in [1.29, 1.82) is 0 Å². The van der Waals surface area contributed by atoms with Gasteiger partial charge in [0.25, 0.3) is 0 Å². The Bertz CT molecular complexity index is 178. The van der Waals surface area contributed by atoms with Gasteiger partial charge in [-0.05, 0) is 24.2 Å². The molecule has 14 heavy (non-hydrogen) atoms. The molecule has 0 spiro atoms. The van der Waals surface area contributed by atoms with Gasteiger partial charge in [0.05, 0.1) is 12.2 Å². The summed E-state index contributed by atoms with van der Waals surface area (Å²) in [4.78, 5) is 0. The molecule has 5 atom stereocenters. The van der Waals surface area contributed by atoms with Gasteiger partial charge >= 0.3 is 0 Å². The fourth-order valence-electron chi connectivity index (χ4n) is 1.65. The highest BCUT2D eigenvalue weighted by atomic mass is 127. The van der Waals surface area contributed by atoms with Crippen LogP contribution in [0.3, 0.4) is 0 Å². The van der Waals surface area contributed by atoms with Gasteiger partial charge in [-0.2, -0.15) is 0 Å². The lowest BCUT2D eigenvalue weighted by molar-refractivity contribution is -0.218. The maximum Gasteiger partial charge on any atom is 0.111 e. The Labute approximate surface area is 97.4 Å². The number of hydrogen-bond acceptors (Lipinski definition) is 4. The van der Waals surface area contributed by atoms with Crippen LogP contribution < -0.4 is 0 Å². The van der Waals surface area contributed by atoms with Crippen molar-refractivity contribution in [2.24, 2.45) is 0 Å². The molecule has 0 saturated carbocycles. The quantitative estimate of drug-likeness (QED) is 0.509. The number of ether oxygens (including phenoxy) is 1. The third-order valence-electron chi connectivity index (χ3n) is 2.57. The molecule has 1 aliphatic heterocycles. The number of halogens is 1. The summed E-state index contributed by atoms with van der Waals surface area (Å²) < 4.78 is 6.42. The zero-order valence-electron chi connectivity index (χ0n) is 8.14. The second kappa shape index (κ2) is 5.60. The maximum atomic E-state index is 9.61. The summed E-state index contributed by atoms with van der Waals surface area (Å²) >= 11 is 2.26. The summed E-state index contributed by atoms with van der Waals surface area (Å²) in [6.45, 7) is 1.71. The van der Waals surface area contributed by atoms with Gasteiger partial charge in [0, 0.05) is 0 Å². The van der Waals surface area contributed by atoms with Crippen LogP contribution in [0.1, 0.15) is 19.8 Å². The van der Waals surface area contributed by atoms with E-state index in [0.717, 1.165) is 17.3 Å². The number of alkyl halides is 1. The molecular weight excluding hydrogens is 299 g/mol. The minimum absolute atomic E-state index is 0.349. The molecule has 0 aromatic heterocycles. The van der Waals surface area contributed by atoms with Gasteiger partial charge in [-0.15, -0.1) is 0 Å². The largest absolute Gasteiger partial charge is 0.388 e. The monoisotopic (exact) mass is 316 g/mol. The fraction of sp³-hybridized carbons (Fsp3) is 1.00. The summed E-state index contributed by atoms with van der Waals surface area (Å²) in [5.74, 6) is 0. The summed E-state index contributed by atoms with van der Waals surface area (Å²) in [6, 6.07) is 0. The van der Waals surface area contributed by atoms with Crippen molar-refractivity contribution in [3.05, 3.63) is 0 Å². The third kappa shape index (κ3) is 2.79. The number of hydrogen-bond donors (Lipinski definition) is 3. The second-order valence-corrected chi connectivity index (χ2v) is 4.76. The third-order valence-corrected chi connectivity index (χ3v) is 3.34. The van der Waals surface area contributed by atoms with E-state index in [0.29, 0.717) is 0 Å². The number of rotatable bonds is 3. The van der Waals surface area contributed by atoms with Gasteiger partial charge < -0.3 is 20.1 Å². The molecule has 1 saturated heterocycles. The summed E-state index contributed by atoms with van der Waals surface area (Å²) in [7, 11) is 0. The van der Waals surface area contributed by atoms with Crippen molar-refractivity contribution in [2.75, 3.05) is 4.43 Å². The first-order chi connectivity index (χ1) is 6.57. The van der Waals surface area contributed by atoms with Crippen LogP contribution in [-0.4, -0.2) is 50.3 Å². The molecule has 0 amide bonds. The average Bonchev–Trinajstić information content (AvgIpc) is 2.18. The van der Waals surface area contributed by atoms with Crippen molar-refractivity contribution >= 4 is 22.6 Å². The molecule has 3 N–H and O–H groups in total. The van der Waals surface area contributed by atoms with Gasteiger partial charge in [0.15, 0.2) is 0 Å². The highest BCUT2D eigenvalue weighted by molar-refractivity contribution is 14.1. The van der Waals surface area contributed by atoms with Crippen LogP contribution in [0.4, 0.5) is 0 Å². The average molecular weight is 316 g/mol. The highest BCUT2D eigenvalue weighted by Crippen LogP contribution is 2.23. The van der Waals surface area contributed by atoms with Crippen molar-refractivity contribution in [2.45, 2.75) is 50.3 Å². The molecule has 84 valence electrons. The van der Waals surface area contributed by atoms with E-state index in [1.165, 1.54) is 0 Å². The Morgan fingerprint density at radius 3 is 2.36 bits per heavy atom. The molecule has 0 bridgehead atoms. The first kappa shape index (κ1) is 12.6. The van der Waals surface area contributed by atoms with Crippen molar-refractivity contribution in [1.82, 2.24) is 0 Å². The Morgan fingerprint density at radius 1 is 1.14 bits per heavy atom. The minimum atomic E-state index is -1.09. The lowest BCUT2D eigenvalue weighted by atomic mass is 9.93. The summed E-state index contributed by atoms with van der Waals surface area (Å²) in [5, 5.41) is 28.5. The Kier molecular flexibility index (Phi) is 5.05. The van der Waals surface area contributed by atoms with Crippen LogP contribution in [-0.2, 0) is 4.74 Å². The second-order valence-electron chi connectivity index (χ2n) is 3.68. The van der Waals surface area contributed by atoms with E-state index in [9.17, 15) is 15.3 Å². The topological polar surface area (TPSA) is 69.9 Å². The van der Waals surface area contributed by atoms with Gasteiger partial charge in [-0.25, -0.2) is 0 Å². The Morgan fingerprint density at radius 2 is 1.79 bits per heavy atom. The molecule has 0 aromatic carbocycles. The van der Waals surface area contributed by atoms with Crippen LogP contribution in [0.2, 0.25) is 0 Å². The Balaban J connectivity index is 2.52. The van der Waals surface area contributed by atoms with Gasteiger partial charge in [-0.3, -0.25) is 0 Å². The molecule has 0 unspecified atom stereocenters. The SMILES string of the molecule is C[C@@H]1O[C@@H](CCCI)[C@@H](O)[C@H](O)[C@@H]1O. The number of aliphatic hydroxyl groups excluding tert-OH is 3. The maximum absolute atomic E-state index is 9.61. The van der Waals surface area contributed by atoms with Gasteiger partial charge in [-0.1, -0.05) is 22.6 Å². The van der Waals surface area contributed by atoms with E-state index < -0.39 is 24.4 Å². The molecule has 0 radical (unpaired) electrons. The molecule has 1 heterocycles. The molecule has 5 heteroatoms. The first-order valence-electron chi connectivity index (χ1n) is 4.83. The van der Waals surface area contributed by atoms with Crippen LogP contribution >= 0.6 is 22.6 Å². The lowest BCUT2D eigenvalue weighted by Crippen LogP contribution is -2.56. The zero-order valence-corrected chi connectivity index (χ0v) is 10.3. The summed E-state index contributed by atoms with van der Waals surface area (Å²) in [6.07, 6.45) is -2.13. The first-order valence-corrected chi connectivity index (χ1v) is 6.36. The van der Waals surface area contributed by atoms with E-state index in [1.807, 2.05) is 0 Å². The van der Waals surface area contributed by atoms with Crippen molar-refractivity contribution in [3.63, 3.8) is 0 Å². The highest BCUT2D eigenvalue weighted by Gasteiger charge is 2.40. The molecular formula is C9H17IO4. The molecule has 4 nitrogen and oxygen atoms in total. The smallest absolute Gasteiger partial charge is 0.111 e. The molecule has 0 aliphatic carbocycles. The summed E-state index contributed by atoms with van der Waals surface area (Å²) in [5.41, 5.74) is 0. The van der Waals surface area contributed by atoms with Crippen LogP contribution in [0.25, 0.3) is 0 Å². The van der Waals surface area contributed by atoms with Crippen LogP contribution in [0.15, 0.2) is 0 Å². The zero-order chi connectivity index (χ0) is 10.7. The van der Waals surface area contributed by atoms with Crippen LogP contribution in [0.5, 0.6) is 0 Å². The molecule has 1 aliphatic rings. The van der Waals surface area contributed by atoms with E-state index in [2.05, 4.69) is 22.6 Å². The lowest BCUT2D eigenvalue weighted by Gasteiger charge is -2.39. The normalized spacial score (nSPS) is 43.9. The number of aliphatic hydroxyl groups is 3. The molecule has 1 rings (SSSR count). The van der Waals surface area contributed by atoms with Gasteiger partial charge in [0.2, 0.25) is 0 Å². The van der Waals surface area contributed by atoms with E-state index in [1.54, 1.807) is 6.92 Å². The predicted molar refractivity (Wildman–Crippen MR) is 60.5 cm³/mol. The van der Waals surface area contributed by atoms with Crippen molar-refractivity contribution in [3.8, 4) is 0 Å². The standard InChI is InChI=1S/C9H17IO4/c1-5-7(11)9(13)8(12)6(14-5)3-2-4-10/h5-9,11-13H,2-4H2,1H3/t5-,6-,7+,8+,9+/m0/s1. The Hall–Kier alpha value is 0.570. The van der Waals surface area contributed by atoms with Crippen LogP contribution in [0, 0.1) is 0 Å². The van der Waals surface area contributed by atoms with E-state index >= 15 is 0 Å². The van der Waals surface area contributed by atoms with Gasteiger partial charge in [0.1, 0.15) is 18.3 Å². The predicted octanol–water partition coefficient (Wildman–Crippen LogP) is 0.0716. The van der Waals surface area contributed by atoms with E-state index in [-0.39, 0.29) is 6.10 Å². The minimum Gasteiger partial charge on any atom is -0.388 e. The molecule has 0 aromatic rings. The van der Waals surface area contributed by atoms with E-state index in [4.69, 9.17) is 4.74 Å². The molecule has 1 fully saturated rings. The fourth-order valence-corrected chi connectivity index (χ4v) is 2.09. The van der Waals surface area contributed by atoms with Crippen molar-refractivity contribution < 1.29 is 20.1 Å².